The second-order valence-corrected chi connectivity index (χ2v) is 21.6. The van der Waals surface area contributed by atoms with Crippen LogP contribution in [0.1, 0.15) is 92.4 Å². The molecule has 9 fully saturated rings. The van der Waals surface area contributed by atoms with E-state index in [0.717, 1.165) is 44.9 Å². The van der Waals surface area contributed by atoms with Crippen molar-refractivity contribution in [2.24, 2.45) is 52.3 Å². The highest BCUT2D eigenvalue weighted by Gasteiger charge is 2.70. The van der Waals surface area contributed by atoms with Gasteiger partial charge >= 0.3 is 0 Å². The Morgan fingerprint density at radius 2 is 1.25 bits per heavy atom. The molecule has 9 rings (SSSR count). The zero-order chi connectivity index (χ0) is 45.1. The maximum absolute atomic E-state index is 12.1. The van der Waals surface area contributed by atoms with E-state index >= 15 is 0 Å². The SMILES string of the molecule is CC1OC(OC2C(CO)OC(OC3CC4CCC5C(CCC6(C)C5CC5OC7(CCC(CO)CO7)C(C)C56)C4(C)CC3O)C(OC3OC(C)C(O)C(O)C3O)C2O)C(O)C(O)C1O. The Bertz CT molecular complexity index is 1590. The van der Waals surface area contributed by atoms with Gasteiger partial charge in [-0.15, -0.1) is 0 Å². The van der Waals surface area contributed by atoms with Gasteiger partial charge in [0.15, 0.2) is 24.7 Å². The summed E-state index contributed by atoms with van der Waals surface area (Å²) in [4.78, 5) is 0. The van der Waals surface area contributed by atoms with Crippen molar-refractivity contribution in [3.63, 3.8) is 0 Å². The van der Waals surface area contributed by atoms with Gasteiger partial charge in [-0.1, -0.05) is 20.8 Å². The van der Waals surface area contributed by atoms with Crippen LogP contribution in [-0.2, 0) is 37.9 Å². The third-order valence-electron chi connectivity index (χ3n) is 18.4. The fraction of sp³-hybridized carbons (Fsp3) is 1.00. The van der Waals surface area contributed by atoms with Crippen LogP contribution >= 0.6 is 0 Å². The average Bonchev–Trinajstić information content (AvgIpc) is 3.71. The van der Waals surface area contributed by atoms with Crippen molar-refractivity contribution in [3.8, 4) is 0 Å². The lowest BCUT2D eigenvalue weighted by molar-refractivity contribution is -0.391. The Morgan fingerprint density at radius 1 is 0.603 bits per heavy atom. The van der Waals surface area contributed by atoms with Crippen LogP contribution in [-0.4, -0.2) is 187 Å². The first-order valence-electron chi connectivity index (χ1n) is 23.8. The topological polar surface area (TPSA) is 276 Å². The summed E-state index contributed by atoms with van der Waals surface area (Å²) in [6, 6.07) is 0. The summed E-state index contributed by atoms with van der Waals surface area (Å²) in [6.07, 6.45) is -16.2. The van der Waals surface area contributed by atoms with Gasteiger partial charge in [0, 0.05) is 24.9 Å². The van der Waals surface area contributed by atoms with E-state index in [0.29, 0.717) is 43.1 Å². The molecule has 362 valence electrons. The molecule has 18 heteroatoms. The molecule has 5 saturated heterocycles. The maximum Gasteiger partial charge on any atom is 0.187 e. The summed E-state index contributed by atoms with van der Waals surface area (Å²) < 4.78 is 49.8. The van der Waals surface area contributed by atoms with E-state index in [9.17, 15) is 51.1 Å². The van der Waals surface area contributed by atoms with Gasteiger partial charge in [-0.05, 0) is 106 Å². The van der Waals surface area contributed by atoms with Crippen molar-refractivity contribution in [2.45, 2.75) is 209 Å². The summed E-state index contributed by atoms with van der Waals surface area (Å²) in [7, 11) is 0. The van der Waals surface area contributed by atoms with Crippen LogP contribution in [0.4, 0.5) is 0 Å². The van der Waals surface area contributed by atoms with Crippen molar-refractivity contribution in [2.75, 3.05) is 19.8 Å². The number of hydrogen-bond donors (Lipinski definition) is 10. The minimum atomic E-state index is -1.76. The fourth-order valence-corrected chi connectivity index (χ4v) is 14.7. The normalized spacial score (nSPS) is 59.4. The number of hydrogen-bond acceptors (Lipinski definition) is 18. The summed E-state index contributed by atoms with van der Waals surface area (Å²) >= 11 is 0. The monoisotopic (exact) mass is 902 g/mol. The highest BCUT2D eigenvalue weighted by atomic mass is 16.8. The molecule has 18 nitrogen and oxygen atoms in total. The van der Waals surface area contributed by atoms with Gasteiger partial charge < -0.3 is 89.0 Å². The lowest BCUT2D eigenvalue weighted by Gasteiger charge is -2.62. The summed E-state index contributed by atoms with van der Waals surface area (Å²) in [5, 5.41) is 108. The largest absolute Gasteiger partial charge is 0.396 e. The lowest BCUT2D eigenvalue weighted by atomic mass is 9.44. The molecule has 0 amide bonds. The molecule has 0 aromatic rings. The smallest absolute Gasteiger partial charge is 0.187 e. The van der Waals surface area contributed by atoms with Gasteiger partial charge in [-0.3, -0.25) is 0 Å². The molecule has 0 aromatic carbocycles. The third kappa shape index (κ3) is 7.79. The van der Waals surface area contributed by atoms with Crippen LogP contribution in [0.2, 0.25) is 0 Å². The van der Waals surface area contributed by atoms with Crippen LogP contribution in [0, 0.1) is 52.3 Å². The van der Waals surface area contributed by atoms with Crippen LogP contribution in [0.3, 0.4) is 0 Å². The molecule has 5 aliphatic heterocycles. The van der Waals surface area contributed by atoms with Gasteiger partial charge in [0.2, 0.25) is 0 Å². The molecule has 10 N–H and O–H groups in total. The van der Waals surface area contributed by atoms with E-state index < -0.39 is 117 Å². The molecular weight excluding hydrogens is 828 g/mol. The molecule has 0 radical (unpaired) electrons. The summed E-state index contributed by atoms with van der Waals surface area (Å²) in [5.74, 6) is 1.78. The van der Waals surface area contributed by atoms with Crippen LogP contribution in [0.15, 0.2) is 0 Å². The predicted octanol–water partition coefficient (Wildman–Crippen LogP) is -0.735. The third-order valence-corrected chi connectivity index (χ3v) is 18.4. The Labute approximate surface area is 369 Å². The number of fused-ring (bicyclic) bond motifs is 7. The first-order valence-corrected chi connectivity index (χ1v) is 23.8. The number of aliphatic hydroxyl groups excluding tert-OH is 10. The van der Waals surface area contributed by atoms with E-state index in [1.807, 2.05) is 0 Å². The van der Waals surface area contributed by atoms with Crippen LogP contribution in [0.25, 0.3) is 0 Å². The zero-order valence-electron chi connectivity index (χ0n) is 37.2. The minimum absolute atomic E-state index is 0.106. The summed E-state index contributed by atoms with van der Waals surface area (Å²) in [5.41, 5.74) is -0.0749. The molecule has 9 aliphatic rings. The van der Waals surface area contributed by atoms with Gasteiger partial charge in [-0.2, -0.15) is 0 Å². The Hall–Kier alpha value is -0.720. The molecule has 5 heterocycles. The average molecular weight is 903 g/mol. The van der Waals surface area contributed by atoms with E-state index in [2.05, 4.69) is 20.8 Å². The molecule has 63 heavy (non-hydrogen) atoms. The molecule has 1 spiro atoms. The Balaban J connectivity index is 0.909. The number of ether oxygens (including phenoxy) is 8. The number of aliphatic hydroxyl groups is 10. The quantitative estimate of drug-likeness (QED) is 0.134. The number of rotatable bonds is 8. The van der Waals surface area contributed by atoms with Crippen molar-refractivity contribution in [3.05, 3.63) is 0 Å². The van der Waals surface area contributed by atoms with E-state index in [-0.39, 0.29) is 41.3 Å². The molecule has 0 aromatic heterocycles. The highest BCUT2D eigenvalue weighted by molar-refractivity contribution is 5.16. The predicted molar refractivity (Wildman–Crippen MR) is 216 cm³/mol. The van der Waals surface area contributed by atoms with Gasteiger partial charge in [0.1, 0.15) is 61.0 Å². The molecule has 4 aliphatic carbocycles. The van der Waals surface area contributed by atoms with E-state index in [1.54, 1.807) is 0 Å². The van der Waals surface area contributed by atoms with Crippen molar-refractivity contribution in [1.29, 1.82) is 0 Å². The van der Waals surface area contributed by atoms with Crippen LogP contribution < -0.4 is 0 Å². The summed E-state index contributed by atoms with van der Waals surface area (Å²) in [6.45, 7) is 10.0. The van der Waals surface area contributed by atoms with Gasteiger partial charge in [-0.25, -0.2) is 0 Å². The van der Waals surface area contributed by atoms with Crippen LogP contribution in [0.5, 0.6) is 0 Å². The maximum atomic E-state index is 12.1. The Kier molecular flexibility index (Phi) is 13.3. The molecular formula is C45H74O18. The van der Waals surface area contributed by atoms with E-state index in [1.165, 1.54) is 13.8 Å². The second-order valence-electron chi connectivity index (χ2n) is 21.6. The van der Waals surface area contributed by atoms with Gasteiger partial charge in [0.25, 0.3) is 0 Å². The standard InChI is InChI=1S/C45H74O18/c1-18-30-28(63-45(18)11-8-21(15-46)17-56-45)13-25-23-7-6-22-12-27(26(48)14-44(22,5)24(23)9-10-43(25,30)4)59-42-39(62-41-36(54)34(52)32(50)20(3)58-41)37(55)38(29(16-47)60-42)61-40-35(53)33(51)31(49)19(2)57-40/h18-42,46-55H,6-17H2,1-5H3. The fourth-order valence-electron chi connectivity index (χ4n) is 14.7. The lowest BCUT2D eigenvalue weighted by Crippen LogP contribution is -2.67. The molecule has 4 saturated carbocycles. The Morgan fingerprint density at radius 3 is 1.86 bits per heavy atom. The van der Waals surface area contributed by atoms with Crippen molar-refractivity contribution < 1.29 is 89.0 Å². The molecule has 28 unspecified atom stereocenters. The molecule has 28 atom stereocenters. The minimum Gasteiger partial charge on any atom is -0.396 e. The molecule has 0 bridgehead atoms. The second kappa shape index (κ2) is 17.7. The highest BCUT2D eigenvalue weighted by Crippen LogP contribution is 2.71. The zero-order valence-corrected chi connectivity index (χ0v) is 37.2. The first-order chi connectivity index (χ1) is 29.8. The van der Waals surface area contributed by atoms with Crippen molar-refractivity contribution >= 4 is 0 Å². The van der Waals surface area contributed by atoms with E-state index in [4.69, 9.17) is 37.9 Å². The van der Waals surface area contributed by atoms with Gasteiger partial charge in [0.05, 0.1) is 43.7 Å². The van der Waals surface area contributed by atoms with Crippen molar-refractivity contribution in [1.82, 2.24) is 0 Å². The first kappa shape index (κ1) is 47.4.